The van der Waals surface area contributed by atoms with Crippen molar-refractivity contribution in [3.63, 3.8) is 0 Å². The minimum atomic E-state index is -0.431. The van der Waals surface area contributed by atoms with Crippen LogP contribution in [0.2, 0.25) is 0 Å². The van der Waals surface area contributed by atoms with Crippen molar-refractivity contribution in [2.75, 3.05) is 7.05 Å². The van der Waals surface area contributed by atoms with Crippen molar-refractivity contribution in [2.45, 2.75) is 6.17 Å². The number of likely N-dealkylation sites (N-methyl/N-ethyl adjacent to an activating group) is 1. The van der Waals surface area contributed by atoms with Gasteiger partial charge in [0.25, 0.3) is 5.91 Å². The summed E-state index contributed by atoms with van der Waals surface area (Å²) in [5.41, 5.74) is 0. The van der Waals surface area contributed by atoms with Gasteiger partial charge in [0, 0.05) is 13.1 Å². The number of hydrogen-bond acceptors (Lipinski definition) is 2. The second kappa shape index (κ2) is 2.85. The summed E-state index contributed by atoms with van der Waals surface area (Å²) in [5, 5.41) is 3.03. The lowest BCUT2D eigenvalue weighted by atomic mass is 10.3. The SMILES string of the molecule is C#CC1NC(Cl)=CC(=O)N1C. The Labute approximate surface area is 70.0 Å². The second-order valence-electron chi connectivity index (χ2n) is 2.15. The number of rotatable bonds is 0. The molecular formula is C7H7ClN2O. The maximum Gasteiger partial charge on any atom is 0.251 e. The van der Waals surface area contributed by atoms with E-state index in [4.69, 9.17) is 18.0 Å². The summed E-state index contributed by atoms with van der Waals surface area (Å²) in [6.45, 7) is 0. The summed E-state index contributed by atoms with van der Waals surface area (Å²) < 4.78 is 0. The number of nitrogens with one attached hydrogen (secondary N) is 1. The minimum absolute atomic E-state index is 0.184. The summed E-state index contributed by atoms with van der Waals surface area (Å²) in [6, 6.07) is 0. The Kier molecular flexibility index (Phi) is 2.06. The highest BCUT2D eigenvalue weighted by Gasteiger charge is 2.21. The van der Waals surface area contributed by atoms with Gasteiger partial charge in [-0.3, -0.25) is 4.79 Å². The first-order valence-corrected chi connectivity index (χ1v) is 3.39. The highest BCUT2D eigenvalue weighted by atomic mass is 35.5. The molecule has 0 fully saturated rings. The Bertz CT molecular complexity index is 254. The van der Waals surface area contributed by atoms with E-state index < -0.39 is 6.17 Å². The molecule has 1 amide bonds. The number of halogens is 1. The van der Waals surface area contributed by atoms with E-state index in [1.165, 1.54) is 11.0 Å². The van der Waals surface area contributed by atoms with E-state index in [-0.39, 0.29) is 11.1 Å². The molecule has 0 aromatic carbocycles. The Hall–Kier alpha value is -1.14. The zero-order valence-corrected chi connectivity index (χ0v) is 6.72. The van der Waals surface area contributed by atoms with Gasteiger partial charge < -0.3 is 10.2 Å². The molecule has 4 heteroatoms. The summed E-state index contributed by atoms with van der Waals surface area (Å²) in [6.07, 6.45) is 5.98. The van der Waals surface area contributed by atoms with E-state index in [1.807, 2.05) is 0 Å². The van der Waals surface area contributed by atoms with Gasteiger partial charge in [-0.1, -0.05) is 17.5 Å². The normalized spacial score (nSPS) is 23.7. The lowest BCUT2D eigenvalue weighted by molar-refractivity contribution is -0.126. The molecule has 1 aliphatic heterocycles. The van der Waals surface area contributed by atoms with Crippen LogP contribution >= 0.6 is 11.6 Å². The van der Waals surface area contributed by atoms with E-state index in [0.29, 0.717) is 0 Å². The van der Waals surface area contributed by atoms with E-state index >= 15 is 0 Å². The van der Waals surface area contributed by atoms with Crippen LogP contribution in [0.5, 0.6) is 0 Å². The Morgan fingerprint density at radius 3 is 3.09 bits per heavy atom. The molecule has 1 rings (SSSR count). The van der Waals surface area contributed by atoms with Gasteiger partial charge in [-0.05, 0) is 0 Å². The molecule has 1 atom stereocenters. The first-order valence-electron chi connectivity index (χ1n) is 3.02. The zero-order valence-electron chi connectivity index (χ0n) is 5.97. The molecule has 58 valence electrons. The Balaban J connectivity index is 2.86. The number of hydrogen-bond donors (Lipinski definition) is 1. The molecule has 0 bridgehead atoms. The fraction of sp³-hybridized carbons (Fsp3) is 0.286. The average molecular weight is 171 g/mol. The third kappa shape index (κ3) is 1.47. The molecule has 0 saturated heterocycles. The van der Waals surface area contributed by atoms with Gasteiger partial charge in [0.2, 0.25) is 0 Å². The van der Waals surface area contributed by atoms with Crippen molar-refractivity contribution in [1.29, 1.82) is 0 Å². The van der Waals surface area contributed by atoms with Crippen LogP contribution in [0.3, 0.4) is 0 Å². The highest BCUT2D eigenvalue weighted by molar-refractivity contribution is 6.30. The van der Waals surface area contributed by atoms with E-state index in [2.05, 4.69) is 11.2 Å². The highest BCUT2D eigenvalue weighted by Crippen LogP contribution is 2.08. The molecule has 3 nitrogen and oxygen atoms in total. The molecular weight excluding hydrogens is 164 g/mol. The summed E-state index contributed by atoms with van der Waals surface area (Å²) in [4.78, 5) is 12.4. The van der Waals surface area contributed by atoms with Gasteiger partial charge in [-0.25, -0.2) is 0 Å². The molecule has 1 heterocycles. The number of nitrogens with zero attached hydrogens (tertiary/aromatic N) is 1. The van der Waals surface area contributed by atoms with Gasteiger partial charge in [-0.15, -0.1) is 6.42 Å². The quantitative estimate of drug-likeness (QED) is 0.413. The third-order valence-corrected chi connectivity index (χ3v) is 1.64. The van der Waals surface area contributed by atoms with Crippen LogP contribution in [0.4, 0.5) is 0 Å². The topological polar surface area (TPSA) is 32.3 Å². The Morgan fingerprint density at radius 1 is 1.91 bits per heavy atom. The second-order valence-corrected chi connectivity index (χ2v) is 2.56. The number of amides is 1. The van der Waals surface area contributed by atoms with Crippen LogP contribution in [0.25, 0.3) is 0 Å². The maximum absolute atomic E-state index is 11.0. The van der Waals surface area contributed by atoms with Gasteiger partial charge in [0.1, 0.15) is 5.16 Å². The molecule has 0 aromatic rings. The van der Waals surface area contributed by atoms with Gasteiger partial charge in [0.15, 0.2) is 6.17 Å². The average Bonchev–Trinajstić information content (AvgIpc) is 1.96. The first-order chi connectivity index (χ1) is 5.15. The van der Waals surface area contributed by atoms with Crippen LogP contribution in [-0.4, -0.2) is 24.0 Å². The Morgan fingerprint density at radius 2 is 2.55 bits per heavy atom. The van der Waals surface area contributed by atoms with Gasteiger partial charge in [0.05, 0.1) is 0 Å². The molecule has 0 saturated carbocycles. The number of terminal acetylenes is 1. The lowest BCUT2D eigenvalue weighted by Gasteiger charge is -2.27. The summed E-state index contributed by atoms with van der Waals surface area (Å²) in [7, 11) is 1.61. The first kappa shape index (κ1) is 7.96. The van der Waals surface area contributed by atoms with Gasteiger partial charge in [-0.2, -0.15) is 0 Å². The predicted octanol–water partition coefficient (Wildman–Crippen LogP) is 0.0875. The molecule has 0 aliphatic carbocycles. The van der Waals surface area contributed by atoms with Crippen LogP contribution in [-0.2, 0) is 4.79 Å². The predicted molar refractivity (Wildman–Crippen MR) is 42.5 cm³/mol. The van der Waals surface area contributed by atoms with Crippen molar-refractivity contribution in [1.82, 2.24) is 10.2 Å². The third-order valence-electron chi connectivity index (χ3n) is 1.42. The van der Waals surface area contributed by atoms with Crippen molar-refractivity contribution in [3.05, 3.63) is 11.2 Å². The zero-order chi connectivity index (χ0) is 8.43. The molecule has 0 aromatic heterocycles. The van der Waals surface area contributed by atoms with Crippen LogP contribution in [0.15, 0.2) is 11.2 Å². The summed E-state index contributed by atoms with van der Waals surface area (Å²) in [5.74, 6) is 2.20. The molecule has 1 N–H and O–H groups in total. The lowest BCUT2D eigenvalue weighted by Crippen LogP contribution is -2.47. The maximum atomic E-state index is 11.0. The van der Waals surface area contributed by atoms with E-state index in [0.717, 1.165) is 0 Å². The van der Waals surface area contributed by atoms with Crippen molar-refractivity contribution >= 4 is 17.5 Å². The van der Waals surface area contributed by atoms with E-state index in [9.17, 15) is 4.79 Å². The summed E-state index contributed by atoms with van der Waals surface area (Å²) >= 11 is 5.56. The van der Waals surface area contributed by atoms with Gasteiger partial charge >= 0.3 is 0 Å². The molecule has 1 unspecified atom stereocenters. The van der Waals surface area contributed by atoms with Crippen LogP contribution in [0, 0.1) is 12.3 Å². The standard InChI is InChI=1S/C7H7ClN2O/c1-3-6-9-5(8)4-7(11)10(6)2/h1,4,6,9H,2H3. The van der Waals surface area contributed by atoms with Crippen molar-refractivity contribution < 1.29 is 4.79 Å². The molecule has 0 spiro atoms. The number of carbonyl (C=O) groups excluding carboxylic acids is 1. The van der Waals surface area contributed by atoms with Crippen LogP contribution < -0.4 is 5.32 Å². The number of carbonyl (C=O) groups is 1. The van der Waals surface area contributed by atoms with E-state index in [1.54, 1.807) is 7.05 Å². The monoisotopic (exact) mass is 170 g/mol. The largest absolute Gasteiger partial charge is 0.345 e. The molecule has 1 aliphatic rings. The molecule has 11 heavy (non-hydrogen) atoms. The van der Waals surface area contributed by atoms with Crippen molar-refractivity contribution in [2.24, 2.45) is 0 Å². The smallest absolute Gasteiger partial charge is 0.251 e. The minimum Gasteiger partial charge on any atom is -0.345 e. The molecule has 0 radical (unpaired) electrons. The van der Waals surface area contributed by atoms with Crippen molar-refractivity contribution in [3.8, 4) is 12.3 Å². The fourth-order valence-electron chi connectivity index (χ4n) is 0.760. The fourth-order valence-corrected chi connectivity index (χ4v) is 0.957. The van der Waals surface area contributed by atoms with Crippen LogP contribution in [0.1, 0.15) is 0 Å².